The minimum atomic E-state index is -4.07. The van der Waals surface area contributed by atoms with Crippen LogP contribution < -0.4 is 20.7 Å². The van der Waals surface area contributed by atoms with Gasteiger partial charge in [-0.05, 0) is 83.8 Å². The van der Waals surface area contributed by atoms with Gasteiger partial charge in [0.05, 0.1) is 24.9 Å². The number of methoxy groups -OCH3 is 1. The number of amides is 2. The third kappa shape index (κ3) is 8.43. The Labute approximate surface area is 251 Å². The molecular weight excluding hydrogens is 587 g/mol. The van der Waals surface area contributed by atoms with Gasteiger partial charge in [-0.2, -0.15) is 0 Å². The molecular formula is C28H38BF2N3O8S. The largest absolute Gasteiger partial charge is 0.495 e. The van der Waals surface area contributed by atoms with E-state index in [0.717, 1.165) is 4.90 Å². The van der Waals surface area contributed by atoms with Gasteiger partial charge in [0.15, 0.2) is 0 Å². The van der Waals surface area contributed by atoms with E-state index >= 15 is 0 Å². The van der Waals surface area contributed by atoms with Gasteiger partial charge < -0.3 is 24.1 Å². The molecule has 2 aromatic carbocycles. The zero-order valence-corrected chi connectivity index (χ0v) is 26.3. The molecule has 1 saturated heterocycles. The third-order valence-corrected chi connectivity index (χ3v) is 7.96. The highest BCUT2D eigenvalue weighted by Gasteiger charge is 2.52. The SMILES string of the molecule is COc1cc(NC(=O)c2ccc(B3OC(C)(C)C(C)(C)O3)c(CN(CC(F)F)C(=O)OC(C)(C)C)c2)ccc1S(N)(=O)=O. The highest BCUT2D eigenvalue weighted by Crippen LogP contribution is 2.37. The quantitative estimate of drug-likeness (QED) is 0.399. The number of nitrogens with one attached hydrogen (secondary N) is 1. The van der Waals surface area contributed by atoms with Gasteiger partial charge in [-0.15, -0.1) is 0 Å². The molecule has 0 atom stereocenters. The van der Waals surface area contributed by atoms with E-state index < -0.39 is 58.9 Å². The summed E-state index contributed by atoms with van der Waals surface area (Å²) in [6.45, 7) is 11.0. The molecule has 43 heavy (non-hydrogen) atoms. The van der Waals surface area contributed by atoms with Crippen molar-refractivity contribution in [3.8, 4) is 5.75 Å². The number of sulfonamides is 1. The van der Waals surface area contributed by atoms with Crippen LogP contribution in [-0.4, -0.2) is 69.3 Å². The fourth-order valence-corrected chi connectivity index (χ4v) is 4.85. The number of hydrogen-bond acceptors (Lipinski definition) is 8. The molecule has 0 aromatic heterocycles. The topological polar surface area (TPSA) is 146 Å². The number of hydrogen-bond donors (Lipinski definition) is 2. The maximum atomic E-state index is 13.6. The van der Waals surface area contributed by atoms with Crippen LogP contribution in [0.5, 0.6) is 5.75 Å². The Morgan fingerprint density at radius 2 is 1.67 bits per heavy atom. The summed E-state index contributed by atoms with van der Waals surface area (Å²) in [5.74, 6) is -0.679. The second-order valence-electron chi connectivity index (χ2n) is 12.1. The lowest BCUT2D eigenvalue weighted by Gasteiger charge is -2.32. The Kier molecular flexibility index (Phi) is 9.86. The van der Waals surface area contributed by atoms with E-state index in [1.165, 1.54) is 37.4 Å². The first-order valence-corrected chi connectivity index (χ1v) is 14.9. The number of ether oxygens (including phenoxy) is 2. The maximum Gasteiger partial charge on any atom is 0.495 e. The summed E-state index contributed by atoms with van der Waals surface area (Å²) >= 11 is 0. The molecule has 0 radical (unpaired) electrons. The zero-order chi connectivity index (χ0) is 32.5. The Morgan fingerprint density at radius 3 is 2.19 bits per heavy atom. The summed E-state index contributed by atoms with van der Waals surface area (Å²) in [6.07, 6.45) is -3.81. The van der Waals surface area contributed by atoms with Crippen LogP contribution in [0, 0.1) is 0 Å². The fourth-order valence-electron chi connectivity index (χ4n) is 4.17. The van der Waals surface area contributed by atoms with Gasteiger partial charge in [0.25, 0.3) is 12.3 Å². The lowest BCUT2D eigenvalue weighted by molar-refractivity contribution is 0.00578. The summed E-state index contributed by atoms with van der Waals surface area (Å²) < 4.78 is 73.6. The predicted molar refractivity (Wildman–Crippen MR) is 157 cm³/mol. The van der Waals surface area contributed by atoms with Crippen molar-refractivity contribution in [2.45, 2.75) is 83.1 Å². The Bertz CT molecular complexity index is 1460. The molecule has 2 aromatic rings. The number of alkyl halides is 2. The number of nitrogens with two attached hydrogens (primary N) is 1. The molecule has 1 aliphatic rings. The second-order valence-corrected chi connectivity index (χ2v) is 13.6. The molecule has 0 unspecified atom stereocenters. The Hall–Kier alpha value is -3.27. The number of carbonyl (C=O) groups excluding carboxylic acids is 2. The van der Waals surface area contributed by atoms with Crippen molar-refractivity contribution in [2.24, 2.45) is 5.14 Å². The van der Waals surface area contributed by atoms with E-state index in [2.05, 4.69) is 5.32 Å². The molecule has 0 aliphatic carbocycles. The monoisotopic (exact) mass is 625 g/mol. The van der Waals surface area contributed by atoms with Crippen molar-refractivity contribution in [1.29, 1.82) is 0 Å². The summed E-state index contributed by atoms with van der Waals surface area (Å²) in [5, 5.41) is 7.87. The minimum absolute atomic E-state index is 0.0721. The molecule has 1 aliphatic heterocycles. The summed E-state index contributed by atoms with van der Waals surface area (Å²) in [7, 11) is -3.74. The molecule has 11 nitrogen and oxygen atoms in total. The molecule has 1 fully saturated rings. The molecule has 0 saturated carbocycles. The van der Waals surface area contributed by atoms with E-state index in [1.807, 2.05) is 27.7 Å². The van der Waals surface area contributed by atoms with Crippen molar-refractivity contribution in [2.75, 3.05) is 19.0 Å². The maximum absolute atomic E-state index is 13.6. The summed E-state index contributed by atoms with van der Waals surface area (Å²) in [4.78, 5) is 26.8. The molecule has 236 valence electrons. The highest BCUT2D eigenvalue weighted by molar-refractivity contribution is 7.89. The predicted octanol–water partition coefficient (Wildman–Crippen LogP) is 3.90. The number of primary sulfonamides is 1. The van der Waals surface area contributed by atoms with Crippen LogP contribution in [0.1, 0.15) is 64.4 Å². The van der Waals surface area contributed by atoms with Crippen LogP contribution in [0.15, 0.2) is 41.3 Å². The van der Waals surface area contributed by atoms with E-state index in [0.29, 0.717) is 11.0 Å². The lowest BCUT2D eigenvalue weighted by Crippen LogP contribution is -2.43. The third-order valence-electron chi connectivity index (χ3n) is 7.01. The van der Waals surface area contributed by atoms with Gasteiger partial charge in [-0.25, -0.2) is 27.1 Å². The first-order valence-electron chi connectivity index (χ1n) is 13.4. The van der Waals surface area contributed by atoms with E-state index in [-0.39, 0.29) is 28.4 Å². The van der Waals surface area contributed by atoms with Crippen molar-refractivity contribution >= 4 is 40.3 Å². The first kappa shape index (κ1) is 34.2. The molecule has 0 spiro atoms. The van der Waals surface area contributed by atoms with Crippen LogP contribution in [0.3, 0.4) is 0 Å². The van der Waals surface area contributed by atoms with Gasteiger partial charge in [-0.3, -0.25) is 9.69 Å². The number of benzene rings is 2. The van der Waals surface area contributed by atoms with Crippen LogP contribution in [0.4, 0.5) is 19.3 Å². The molecule has 1 heterocycles. The minimum Gasteiger partial charge on any atom is -0.495 e. The van der Waals surface area contributed by atoms with E-state index in [4.69, 9.17) is 23.9 Å². The van der Waals surface area contributed by atoms with Crippen molar-refractivity contribution < 1.29 is 45.6 Å². The number of halogens is 2. The molecule has 3 rings (SSSR count). The molecule has 0 bridgehead atoms. The van der Waals surface area contributed by atoms with Crippen molar-refractivity contribution in [1.82, 2.24) is 4.90 Å². The Morgan fingerprint density at radius 1 is 1.07 bits per heavy atom. The van der Waals surface area contributed by atoms with Crippen LogP contribution >= 0.6 is 0 Å². The van der Waals surface area contributed by atoms with E-state index in [9.17, 15) is 26.8 Å². The van der Waals surface area contributed by atoms with Crippen LogP contribution in [0.25, 0.3) is 0 Å². The average Bonchev–Trinajstić information content (AvgIpc) is 3.07. The van der Waals surface area contributed by atoms with E-state index in [1.54, 1.807) is 26.8 Å². The molecule has 3 N–H and O–H groups in total. The lowest BCUT2D eigenvalue weighted by atomic mass is 9.75. The fraction of sp³-hybridized carbons (Fsp3) is 0.500. The average molecular weight is 626 g/mol. The summed E-state index contributed by atoms with van der Waals surface area (Å²) in [5.41, 5.74) is -1.29. The number of nitrogens with zero attached hydrogens (tertiary/aromatic N) is 1. The Balaban J connectivity index is 2.02. The zero-order valence-electron chi connectivity index (χ0n) is 25.5. The standard InChI is InChI=1S/C28H38BF2N3O8S/c1-26(2,3)40-25(36)34(16-23(30)31)15-18-13-17(9-11-20(18)29-41-27(4,5)28(6,7)42-29)24(35)33-19-10-12-22(43(32,37)38)21(14-19)39-8/h9-14,23H,15-16H2,1-8H3,(H,33,35)(H2,32,37,38). The highest BCUT2D eigenvalue weighted by atomic mass is 32.2. The van der Waals surface area contributed by atoms with Gasteiger partial charge in [0.1, 0.15) is 16.2 Å². The summed E-state index contributed by atoms with van der Waals surface area (Å²) in [6, 6.07) is 8.36. The molecule has 2 amide bonds. The molecule has 15 heteroatoms. The number of carbonyl (C=O) groups is 2. The van der Waals surface area contributed by atoms with Gasteiger partial charge >= 0.3 is 13.2 Å². The van der Waals surface area contributed by atoms with Crippen molar-refractivity contribution in [3.05, 3.63) is 47.5 Å². The second kappa shape index (κ2) is 12.4. The van der Waals surface area contributed by atoms with Crippen molar-refractivity contribution in [3.63, 3.8) is 0 Å². The van der Waals surface area contributed by atoms with Gasteiger partial charge in [-0.1, -0.05) is 6.07 Å². The smallest absolute Gasteiger partial charge is 0.495 e. The first-order chi connectivity index (χ1) is 19.6. The van der Waals surface area contributed by atoms with Crippen LogP contribution in [-0.2, 0) is 30.6 Å². The normalized spacial score (nSPS) is 16.2. The van der Waals surface area contributed by atoms with Crippen LogP contribution in [0.2, 0.25) is 0 Å². The number of rotatable bonds is 9. The van der Waals surface area contributed by atoms with Gasteiger partial charge in [0, 0.05) is 23.9 Å². The number of anilines is 1. The van der Waals surface area contributed by atoms with Gasteiger partial charge in [0.2, 0.25) is 10.0 Å².